The average Bonchev–Trinajstić information content (AvgIpc) is 2.62. The van der Waals surface area contributed by atoms with Crippen molar-refractivity contribution in [3.63, 3.8) is 0 Å². The molecule has 4 nitrogen and oxygen atoms in total. The van der Waals surface area contributed by atoms with Gasteiger partial charge in [-0.05, 0) is 32.4 Å². The molecule has 0 bridgehead atoms. The Morgan fingerprint density at radius 2 is 1.25 bits per heavy atom. The summed E-state index contributed by atoms with van der Waals surface area (Å²) in [5, 5.41) is 0.881. The molecule has 0 radical (unpaired) electrons. The van der Waals surface area contributed by atoms with Gasteiger partial charge in [0.25, 0.3) is 0 Å². The molecule has 0 amide bonds. The lowest BCUT2D eigenvalue weighted by Gasteiger charge is -2.29. The van der Waals surface area contributed by atoms with Crippen LogP contribution >= 0.6 is 0 Å². The molecule has 0 aliphatic rings. The summed E-state index contributed by atoms with van der Waals surface area (Å²) in [5.41, 5.74) is 1.11. The molecule has 5 heteroatoms. The summed E-state index contributed by atoms with van der Waals surface area (Å²) in [5.74, 6) is 0.753. The van der Waals surface area contributed by atoms with Gasteiger partial charge in [0.1, 0.15) is 12.4 Å². The van der Waals surface area contributed by atoms with Crippen molar-refractivity contribution in [2.45, 2.75) is 27.4 Å². The summed E-state index contributed by atoms with van der Waals surface area (Å²) >= 11 is 0. The molecule has 2 aromatic rings. The first kappa shape index (κ1) is 18.7. The van der Waals surface area contributed by atoms with Gasteiger partial charge in [-0.25, -0.2) is 0 Å². The molecule has 0 atom stereocenters. The summed E-state index contributed by atoms with van der Waals surface area (Å²) in [6.45, 7) is 7.93. The molecule has 2 aromatic carbocycles. The first-order chi connectivity index (χ1) is 11.8. The summed E-state index contributed by atoms with van der Waals surface area (Å²) in [7, 11) is -2.98. The zero-order valence-electron chi connectivity index (χ0n) is 14.7. The molecular formula is C19H26O4Si. The number of hydrogen-bond donors (Lipinski definition) is 0. The topological polar surface area (TPSA) is 36.9 Å². The van der Waals surface area contributed by atoms with Crippen LogP contribution in [0.25, 0.3) is 0 Å². The van der Waals surface area contributed by atoms with E-state index in [-0.39, 0.29) is 0 Å². The van der Waals surface area contributed by atoms with Crippen molar-refractivity contribution in [2.75, 3.05) is 19.8 Å². The van der Waals surface area contributed by atoms with Crippen molar-refractivity contribution >= 4 is 14.0 Å². The van der Waals surface area contributed by atoms with Gasteiger partial charge in [0, 0.05) is 19.8 Å². The highest BCUT2D eigenvalue weighted by molar-refractivity contribution is 6.76. The van der Waals surface area contributed by atoms with E-state index in [1.807, 2.05) is 75.4 Å². The second-order valence-electron chi connectivity index (χ2n) is 5.13. The second-order valence-corrected chi connectivity index (χ2v) is 7.64. The van der Waals surface area contributed by atoms with Gasteiger partial charge in [0.05, 0.1) is 5.19 Å². The third-order valence-electron chi connectivity index (χ3n) is 3.46. The minimum absolute atomic E-state index is 0.493. The Bertz CT molecular complexity index is 586. The number of benzene rings is 2. The molecule has 0 aliphatic heterocycles. The Balaban J connectivity index is 2.29. The quantitative estimate of drug-likeness (QED) is 0.617. The smallest absolute Gasteiger partial charge is 0.489 e. The van der Waals surface area contributed by atoms with Gasteiger partial charge in [-0.3, -0.25) is 0 Å². The Morgan fingerprint density at radius 3 is 1.83 bits per heavy atom. The van der Waals surface area contributed by atoms with Gasteiger partial charge >= 0.3 is 8.80 Å². The van der Waals surface area contributed by atoms with E-state index in [1.54, 1.807) is 0 Å². The lowest BCUT2D eigenvalue weighted by atomic mass is 10.2. The Morgan fingerprint density at radius 1 is 0.708 bits per heavy atom. The fraction of sp³-hybridized carbons (Fsp3) is 0.368. The maximum Gasteiger partial charge on any atom is 0.541 e. The third-order valence-corrected chi connectivity index (χ3v) is 6.54. The van der Waals surface area contributed by atoms with E-state index in [0.717, 1.165) is 16.5 Å². The van der Waals surface area contributed by atoms with Gasteiger partial charge in [-0.1, -0.05) is 48.5 Å². The first-order valence-corrected chi connectivity index (χ1v) is 10.2. The van der Waals surface area contributed by atoms with Crippen LogP contribution in [0.4, 0.5) is 0 Å². The van der Waals surface area contributed by atoms with Crippen LogP contribution in [0.3, 0.4) is 0 Å². The van der Waals surface area contributed by atoms with Gasteiger partial charge in [0.2, 0.25) is 0 Å². The predicted octanol–water partition coefficient (Wildman–Crippen LogP) is 3.52. The maximum atomic E-state index is 6.06. The second kappa shape index (κ2) is 9.59. The van der Waals surface area contributed by atoms with Crippen molar-refractivity contribution in [3.8, 4) is 5.75 Å². The summed E-state index contributed by atoms with van der Waals surface area (Å²) in [6.07, 6.45) is 0. The monoisotopic (exact) mass is 346 g/mol. The van der Waals surface area contributed by atoms with E-state index < -0.39 is 8.80 Å². The Kier molecular flexibility index (Phi) is 7.46. The Labute approximate surface area is 145 Å². The number of rotatable bonds is 10. The summed E-state index contributed by atoms with van der Waals surface area (Å²) in [4.78, 5) is 0. The number of ether oxygens (including phenoxy) is 1. The molecule has 2 rings (SSSR count). The van der Waals surface area contributed by atoms with E-state index >= 15 is 0 Å². The van der Waals surface area contributed by atoms with Crippen LogP contribution in [-0.2, 0) is 19.9 Å². The molecule has 24 heavy (non-hydrogen) atoms. The highest BCUT2D eigenvalue weighted by Crippen LogP contribution is 2.19. The van der Waals surface area contributed by atoms with Gasteiger partial charge in [-0.15, -0.1) is 0 Å². The fourth-order valence-corrected chi connectivity index (χ4v) is 5.12. The van der Waals surface area contributed by atoms with Crippen LogP contribution in [0.1, 0.15) is 26.3 Å². The van der Waals surface area contributed by atoms with Crippen LogP contribution in [0.5, 0.6) is 5.75 Å². The zero-order chi connectivity index (χ0) is 17.3. The largest absolute Gasteiger partial charge is 0.541 e. The van der Waals surface area contributed by atoms with Crippen LogP contribution in [0.2, 0.25) is 0 Å². The van der Waals surface area contributed by atoms with E-state index in [1.165, 1.54) is 0 Å². The third kappa shape index (κ3) is 4.67. The van der Waals surface area contributed by atoms with Crippen LogP contribution in [-0.4, -0.2) is 28.6 Å². The molecule has 0 unspecified atom stereocenters. The van der Waals surface area contributed by atoms with Crippen LogP contribution in [0, 0.1) is 0 Å². The molecule has 0 saturated carbocycles. The van der Waals surface area contributed by atoms with Crippen molar-refractivity contribution in [3.05, 3.63) is 60.2 Å². The van der Waals surface area contributed by atoms with Gasteiger partial charge in [-0.2, -0.15) is 0 Å². The van der Waals surface area contributed by atoms with E-state index in [9.17, 15) is 0 Å². The molecule has 0 heterocycles. The molecule has 0 saturated heterocycles. The summed E-state index contributed by atoms with van der Waals surface area (Å²) in [6, 6.07) is 17.9. The highest BCUT2D eigenvalue weighted by Gasteiger charge is 2.45. The highest BCUT2D eigenvalue weighted by atomic mass is 28.4. The molecule has 0 aliphatic carbocycles. The molecular weight excluding hydrogens is 320 g/mol. The fourth-order valence-electron chi connectivity index (χ4n) is 2.51. The van der Waals surface area contributed by atoms with Crippen LogP contribution in [0.15, 0.2) is 54.6 Å². The van der Waals surface area contributed by atoms with Gasteiger partial charge in [0.15, 0.2) is 0 Å². The van der Waals surface area contributed by atoms with E-state index in [4.69, 9.17) is 18.0 Å². The van der Waals surface area contributed by atoms with Crippen LogP contribution < -0.4 is 9.92 Å². The van der Waals surface area contributed by atoms with E-state index in [0.29, 0.717) is 26.4 Å². The minimum Gasteiger partial charge on any atom is -0.489 e. The SMILES string of the molecule is CCO[Si](OCC)(OCC)c1ccccc1OCc1ccccc1. The molecule has 0 spiro atoms. The molecule has 0 N–H and O–H groups in total. The zero-order valence-corrected chi connectivity index (χ0v) is 15.7. The maximum absolute atomic E-state index is 6.06. The predicted molar refractivity (Wildman–Crippen MR) is 97.5 cm³/mol. The molecule has 0 aromatic heterocycles. The number of hydrogen-bond acceptors (Lipinski definition) is 4. The van der Waals surface area contributed by atoms with Gasteiger partial charge < -0.3 is 18.0 Å². The standard InChI is InChI=1S/C19H26O4Si/c1-4-21-24(22-5-2,23-6-3)19-15-11-10-14-18(19)20-16-17-12-8-7-9-13-17/h7-15H,4-6,16H2,1-3H3. The van der Waals surface area contributed by atoms with Crippen molar-refractivity contribution in [1.82, 2.24) is 0 Å². The number of para-hydroxylation sites is 1. The minimum atomic E-state index is -2.98. The van der Waals surface area contributed by atoms with Crippen molar-refractivity contribution in [1.29, 1.82) is 0 Å². The lowest BCUT2D eigenvalue weighted by Crippen LogP contribution is -2.57. The Hall–Kier alpha value is -1.66. The van der Waals surface area contributed by atoms with Crippen molar-refractivity contribution in [2.24, 2.45) is 0 Å². The summed E-state index contributed by atoms with van der Waals surface area (Å²) < 4.78 is 24.1. The molecule has 0 fully saturated rings. The lowest BCUT2D eigenvalue weighted by molar-refractivity contribution is 0.0851. The van der Waals surface area contributed by atoms with Crippen molar-refractivity contribution < 1.29 is 18.0 Å². The first-order valence-electron chi connectivity index (χ1n) is 8.43. The van der Waals surface area contributed by atoms with E-state index in [2.05, 4.69) is 0 Å². The average molecular weight is 346 g/mol. The normalized spacial score (nSPS) is 11.5. The molecule has 130 valence electrons.